The first kappa shape index (κ1) is 15.2. The summed E-state index contributed by atoms with van der Waals surface area (Å²) in [5, 5.41) is 4.54. The van der Waals surface area contributed by atoms with E-state index in [0.717, 1.165) is 55.1 Å². The summed E-state index contributed by atoms with van der Waals surface area (Å²) in [7, 11) is 1.83. The molecule has 1 fully saturated rings. The minimum absolute atomic E-state index is 0.451. The second-order valence-electron chi connectivity index (χ2n) is 4.93. The summed E-state index contributed by atoms with van der Waals surface area (Å²) in [6, 6.07) is 0. The van der Waals surface area contributed by atoms with Crippen molar-refractivity contribution in [2.75, 3.05) is 48.3 Å². The Morgan fingerprint density at radius 2 is 1.95 bits per heavy atom. The summed E-state index contributed by atoms with van der Waals surface area (Å²) in [6.07, 6.45) is 2.38. The molecule has 9 heteroatoms. The molecule has 2 aromatic rings. The number of piperazine rings is 1. The molecule has 1 aliphatic rings. The van der Waals surface area contributed by atoms with Gasteiger partial charge in [-0.25, -0.2) is 15.0 Å². The average molecular weight is 340 g/mol. The molecular weight excluding hydrogens is 322 g/mol. The molecule has 1 saturated heterocycles. The predicted molar refractivity (Wildman–Crippen MR) is 90.3 cm³/mol. The smallest absolute Gasteiger partial charge is 0.205 e. The molecule has 1 N–H and O–H groups in total. The Kier molecular flexibility index (Phi) is 4.58. The SMILES string of the molecule is CCc1nsc(N2CCN(c3ncnc(Cl)c3NC)CC2)n1. The Bertz CT molecular complexity index is 639. The van der Waals surface area contributed by atoms with Crippen LogP contribution < -0.4 is 15.1 Å². The first-order valence-electron chi connectivity index (χ1n) is 7.23. The van der Waals surface area contributed by atoms with Crippen molar-refractivity contribution in [3.63, 3.8) is 0 Å². The third-order valence-corrected chi connectivity index (χ3v) is 4.76. The Hall–Kier alpha value is -1.67. The minimum atomic E-state index is 0.451. The maximum Gasteiger partial charge on any atom is 0.205 e. The summed E-state index contributed by atoms with van der Waals surface area (Å²) in [5.41, 5.74) is 0.779. The number of aryl methyl sites for hydroxylation is 1. The second-order valence-corrected chi connectivity index (χ2v) is 6.02. The maximum atomic E-state index is 6.12. The quantitative estimate of drug-likeness (QED) is 0.853. The lowest BCUT2D eigenvalue weighted by Gasteiger charge is -2.35. The van der Waals surface area contributed by atoms with E-state index in [9.17, 15) is 0 Å². The highest BCUT2D eigenvalue weighted by atomic mass is 35.5. The predicted octanol–water partition coefficient (Wildman–Crippen LogP) is 1.91. The number of hydrogen-bond donors (Lipinski definition) is 1. The average Bonchev–Trinajstić information content (AvgIpc) is 3.04. The van der Waals surface area contributed by atoms with Gasteiger partial charge in [-0.1, -0.05) is 18.5 Å². The summed E-state index contributed by atoms with van der Waals surface area (Å²) >= 11 is 7.60. The molecule has 0 radical (unpaired) electrons. The lowest BCUT2D eigenvalue weighted by atomic mass is 10.3. The van der Waals surface area contributed by atoms with Crippen LogP contribution in [0.3, 0.4) is 0 Å². The van der Waals surface area contributed by atoms with E-state index in [4.69, 9.17) is 11.6 Å². The molecule has 7 nitrogen and oxygen atoms in total. The number of nitrogens with zero attached hydrogens (tertiary/aromatic N) is 6. The Labute approximate surface area is 138 Å². The van der Waals surface area contributed by atoms with Crippen molar-refractivity contribution in [3.05, 3.63) is 17.3 Å². The third-order valence-electron chi connectivity index (χ3n) is 3.65. The van der Waals surface area contributed by atoms with Crippen LogP contribution in [-0.2, 0) is 6.42 Å². The van der Waals surface area contributed by atoms with Gasteiger partial charge < -0.3 is 15.1 Å². The van der Waals surface area contributed by atoms with Crippen molar-refractivity contribution < 1.29 is 0 Å². The fourth-order valence-corrected chi connectivity index (χ4v) is 3.46. The van der Waals surface area contributed by atoms with Crippen LogP contribution in [0.25, 0.3) is 0 Å². The van der Waals surface area contributed by atoms with Crippen molar-refractivity contribution in [2.24, 2.45) is 0 Å². The van der Waals surface area contributed by atoms with Crippen LogP contribution in [0.4, 0.5) is 16.6 Å². The van der Waals surface area contributed by atoms with Gasteiger partial charge in [0.25, 0.3) is 0 Å². The van der Waals surface area contributed by atoms with Gasteiger partial charge in [-0.3, -0.25) is 0 Å². The van der Waals surface area contributed by atoms with E-state index < -0.39 is 0 Å². The number of nitrogens with one attached hydrogen (secondary N) is 1. The van der Waals surface area contributed by atoms with Crippen LogP contribution in [0, 0.1) is 0 Å². The zero-order chi connectivity index (χ0) is 15.5. The van der Waals surface area contributed by atoms with Crippen molar-refractivity contribution in [1.29, 1.82) is 0 Å². The lowest BCUT2D eigenvalue weighted by Crippen LogP contribution is -2.47. The molecule has 118 valence electrons. The Balaban J connectivity index is 1.70. The van der Waals surface area contributed by atoms with E-state index in [-0.39, 0.29) is 0 Å². The second kappa shape index (κ2) is 6.62. The number of anilines is 3. The number of hydrogen-bond acceptors (Lipinski definition) is 8. The van der Waals surface area contributed by atoms with E-state index in [1.54, 1.807) is 0 Å². The largest absolute Gasteiger partial charge is 0.383 e. The molecular formula is C13H18ClN7S. The molecule has 3 rings (SSSR count). The molecule has 0 atom stereocenters. The number of rotatable bonds is 4. The Morgan fingerprint density at radius 3 is 2.59 bits per heavy atom. The molecule has 2 aromatic heterocycles. The van der Waals surface area contributed by atoms with Crippen LogP contribution in [0.2, 0.25) is 5.15 Å². The van der Waals surface area contributed by atoms with Crippen molar-refractivity contribution in [1.82, 2.24) is 19.3 Å². The lowest BCUT2D eigenvalue weighted by molar-refractivity contribution is 0.645. The highest BCUT2D eigenvalue weighted by Crippen LogP contribution is 2.30. The molecule has 0 saturated carbocycles. The molecule has 0 aromatic carbocycles. The van der Waals surface area contributed by atoms with Gasteiger partial charge in [0.2, 0.25) is 5.13 Å². The van der Waals surface area contributed by atoms with Gasteiger partial charge >= 0.3 is 0 Å². The molecule has 22 heavy (non-hydrogen) atoms. The molecule has 1 aliphatic heterocycles. The topological polar surface area (TPSA) is 70.1 Å². The van der Waals surface area contributed by atoms with E-state index in [0.29, 0.717) is 5.15 Å². The van der Waals surface area contributed by atoms with Crippen LogP contribution in [0.15, 0.2) is 6.33 Å². The van der Waals surface area contributed by atoms with E-state index in [1.165, 1.54) is 17.9 Å². The molecule has 0 unspecified atom stereocenters. The van der Waals surface area contributed by atoms with E-state index in [2.05, 4.69) is 41.4 Å². The summed E-state index contributed by atoms with van der Waals surface area (Å²) in [4.78, 5) is 17.4. The van der Waals surface area contributed by atoms with Gasteiger partial charge in [0.1, 0.15) is 17.8 Å². The first-order valence-corrected chi connectivity index (χ1v) is 8.38. The number of aromatic nitrogens is 4. The van der Waals surface area contributed by atoms with Crippen molar-refractivity contribution >= 4 is 39.8 Å². The molecule has 0 amide bonds. The van der Waals surface area contributed by atoms with Crippen LogP contribution >= 0.6 is 23.1 Å². The van der Waals surface area contributed by atoms with Crippen LogP contribution in [0.1, 0.15) is 12.7 Å². The maximum absolute atomic E-state index is 6.12. The third kappa shape index (κ3) is 2.93. The van der Waals surface area contributed by atoms with Crippen molar-refractivity contribution in [2.45, 2.75) is 13.3 Å². The Morgan fingerprint density at radius 1 is 1.23 bits per heavy atom. The summed E-state index contributed by atoms with van der Waals surface area (Å²) in [5.74, 6) is 1.77. The zero-order valence-electron chi connectivity index (χ0n) is 12.6. The standard InChI is InChI=1S/C13H18ClN7S/c1-3-9-18-13(22-19-9)21-6-4-20(5-7-21)12-10(15-2)11(14)16-8-17-12/h8,15H,3-7H2,1-2H3. The number of halogens is 1. The van der Waals surface area contributed by atoms with Gasteiger partial charge in [-0.2, -0.15) is 4.37 Å². The monoisotopic (exact) mass is 339 g/mol. The van der Waals surface area contributed by atoms with E-state index in [1.807, 2.05) is 7.05 Å². The molecule has 0 spiro atoms. The summed E-state index contributed by atoms with van der Waals surface area (Å²) < 4.78 is 4.35. The van der Waals surface area contributed by atoms with Gasteiger partial charge in [0.05, 0.1) is 0 Å². The van der Waals surface area contributed by atoms with E-state index >= 15 is 0 Å². The first-order chi connectivity index (χ1) is 10.7. The van der Waals surface area contributed by atoms with Crippen LogP contribution in [-0.4, -0.2) is 52.6 Å². The molecule has 0 aliphatic carbocycles. The molecule has 0 bridgehead atoms. The fraction of sp³-hybridized carbons (Fsp3) is 0.538. The van der Waals surface area contributed by atoms with Crippen molar-refractivity contribution in [3.8, 4) is 0 Å². The van der Waals surface area contributed by atoms with Crippen LogP contribution in [0.5, 0.6) is 0 Å². The summed E-state index contributed by atoms with van der Waals surface area (Å²) in [6.45, 7) is 5.58. The van der Waals surface area contributed by atoms with Gasteiger partial charge in [0.15, 0.2) is 11.0 Å². The minimum Gasteiger partial charge on any atom is -0.383 e. The molecule has 3 heterocycles. The normalized spacial score (nSPS) is 15.2. The van der Waals surface area contributed by atoms with Gasteiger partial charge in [-0.15, -0.1) is 0 Å². The highest BCUT2D eigenvalue weighted by molar-refractivity contribution is 7.09. The highest BCUT2D eigenvalue weighted by Gasteiger charge is 2.23. The van der Waals surface area contributed by atoms with Gasteiger partial charge in [0, 0.05) is 51.2 Å². The fourth-order valence-electron chi connectivity index (χ4n) is 2.44. The van der Waals surface area contributed by atoms with Gasteiger partial charge in [-0.05, 0) is 0 Å². The zero-order valence-corrected chi connectivity index (χ0v) is 14.2.